The molecule has 4 heteroatoms. The zero-order valence-electron chi connectivity index (χ0n) is 4.29. The molecule has 1 atom stereocenters. The van der Waals surface area contributed by atoms with Gasteiger partial charge in [-0.15, -0.1) is 0 Å². The number of aliphatic hydroxyl groups is 2. The molecule has 0 radical (unpaired) electrons. The molecule has 8 heavy (non-hydrogen) atoms. The summed E-state index contributed by atoms with van der Waals surface area (Å²) in [6.45, 7) is 1.64. The third-order valence-corrected chi connectivity index (χ3v) is 0.872. The highest BCUT2D eigenvalue weighted by Crippen LogP contribution is 2.21. The van der Waals surface area contributed by atoms with Crippen molar-refractivity contribution in [3.8, 4) is 0 Å². The van der Waals surface area contributed by atoms with E-state index in [4.69, 9.17) is 10.2 Å². The summed E-state index contributed by atoms with van der Waals surface area (Å²) in [5, 5.41) is 16.5. The molecule has 1 unspecified atom stereocenters. The van der Waals surface area contributed by atoms with E-state index in [9.17, 15) is 0 Å². The molecule has 0 saturated carbocycles. The lowest BCUT2D eigenvalue weighted by atomic mass is 10.3. The lowest BCUT2D eigenvalue weighted by Crippen LogP contribution is -2.26. The van der Waals surface area contributed by atoms with E-state index < -0.39 is 5.95 Å². The Kier molecular flexibility index (Phi) is 1.02. The van der Waals surface area contributed by atoms with Gasteiger partial charge in [0.05, 0.1) is 0 Å². The van der Waals surface area contributed by atoms with E-state index >= 15 is 0 Å². The van der Waals surface area contributed by atoms with Crippen LogP contribution in [0.3, 0.4) is 0 Å². The fraction of sp³-hybridized carbons (Fsp3) is 0.500. The maximum Gasteiger partial charge on any atom is 0.321 e. The summed E-state index contributed by atoms with van der Waals surface area (Å²) in [7, 11) is 0. The molecular formula is C4H6O4. The quantitative estimate of drug-likeness (QED) is 0.361. The van der Waals surface area contributed by atoms with Crippen LogP contribution in [0.4, 0.5) is 0 Å². The van der Waals surface area contributed by atoms with E-state index in [0.29, 0.717) is 0 Å². The van der Waals surface area contributed by atoms with Crippen molar-refractivity contribution in [3.63, 3.8) is 0 Å². The Labute approximate surface area is 45.9 Å². The lowest BCUT2D eigenvalue weighted by Gasteiger charge is -2.22. The van der Waals surface area contributed by atoms with Gasteiger partial charge in [0, 0.05) is 0 Å². The van der Waals surface area contributed by atoms with E-state index in [1.54, 1.807) is 6.92 Å². The van der Waals surface area contributed by atoms with E-state index in [1.807, 2.05) is 0 Å². The van der Waals surface area contributed by atoms with Crippen molar-refractivity contribution >= 4 is 0 Å². The van der Waals surface area contributed by atoms with Crippen LogP contribution in [0.15, 0.2) is 11.7 Å². The summed E-state index contributed by atoms with van der Waals surface area (Å²) in [6, 6.07) is 0. The first-order valence-electron chi connectivity index (χ1n) is 2.17. The van der Waals surface area contributed by atoms with Crippen molar-refractivity contribution in [2.75, 3.05) is 0 Å². The lowest BCUT2D eigenvalue weighted by molar-refractivity contribution is -0.377. The van der Waals surface area contributed by atoms with Crippen LogP contribution in [0, 0.1) is 0 Å². The first-order valence-corrected chi connectivity index (χ1v) is 2.17. The average Bonchev–Trinajstić information content (AvgIpc) is 1.61. The Hall–Kier alpha value is -0.900. The SMILES string of the molecule is CC1OOC1=C(O)O. The zero-order valence-corrected chi connectivity index (χ0v) is 4.29. The first kappa shape index (κ1) is 5.24. The van der Waals surface area contributed by atoms with Gasteiger partial charge in [0.15, 0.2) is 6.10 Å². The van der Waals surface area contributed by atoms with Crippen LogP contribution < -0.4 is 0 Å². The normalized spacial score (nSPS) is 26.1. The predicted molar refractivity (Wildman–Crippen MR) is 23.9 cm³/mol. The van der Waals surface area contributed by atoms with Crippen molar-refractivity contribution in [1.82, 2.24) is 0 Å². The van der Waals surface area contributed by atoms with Gasteiger partial charge < -0.3 is 15.1 Å². The van der Waals surface area contributed by atoms with Crippen LogP contribution >= 0.6 is 0 Å². The van der Waals surface area contributed by atoms with Gasteiger partial charge in [0.1, 0.15) is 0 Å². The second-order valence-corrected chi connectivity index (χ2v) is 1.51. The Morgan fingerprint density at radius 3 is 2.25 bits per heavy atom. The van der Waals surface area contributed by atoms with Gasteiger partial charge >= 0.3 is 5.95 Å². The second-order valence-electron chi connectivity index (χ2n) is 1.51. The van der Waals surface area contributed by atoms with Gasteiger partial charge in [-0.05, 0) is 6.92 Å². The van der Waals surface area contributed by atoms with Crippen LogP contribution in [0.2, 0.25) is 0 Å². The molecule has 1 rings (SSSR count). The Morgan fingerprint density at radius 1 is 1.62 bits per heavy atom. The number of hydrogen-bond acceptors (Lipinski definition) is 4. The Bertz CT molecular complexity index is 124. The Morgan fingerprint density at radius 2 is 2.25 bits per heavy atom. The van der Waals surface area contributed by atoms with Crippen LogP contribution in [0.5, 0.6) is 0 Å². The first-order chi connectivity index (χ1) is 3.72. The summed E-state index contributed by atoms with van der Waals surface area (Å²) in [5.74, 6) is -0.714. The molecule has 0 aromatic heterocycles. The minimum atomic E-state index is -0.802. The maximum atomic E-state index is 8.27. The van der Waals surface area contributed by atoms with Gasteiger partial charge in [0.2, 0.25) is 0 Å². The molecule has 1 aliphatic heterocycles. The van der Waals surface area contributed by atoms with Gasteiger partial charge in [-0.25, -0.2) is 0 Å². The van der Waals surface area contributed by atoms with Gasteiger partial charge in [-0.1, -0.05) is 0 Å². The molecule has 1 aliphatic rings. The Balaban J connectivity index is 2.60. The number of aliphatic hydroxyl groups excluding tert-OH is 1. The summed E-state index contributed by atoms with van der Waals surface area (Å²) in [6.07, 6.45) is -0.319. The molecule has 46 valence electrons. The van der Waals surface area contributed by atoms with Crippen LogP contribution in [0.25, 0.3) is 0 Å². The highest BCUT2D eigenvalue weighted by molar-refractivity contribution is 5.00. The van der Waals surface area contributed by atoms with Crippen LogP contribution in [-0.4, -0.2) is 16.3 Å². The van der Waals surface area contributed by atoms with Crippen molar-refractivity contribution < 1.29 is 20.0 Å². The van der Waals surface area contributed by atoms with E-state index in [2.05, 4.69) is 9.78 Å². The highest BCUT2D eigenvalue weighted by Gasteiger charge is 2.29. The highest BCUT2D eigenvalue weighted by atomic mass is 17.2. The second kappa shape index (κ2) is 1.56. The molecular weight excluding hydrogens is 112 g/mol. The third-order valence-electron chi connectivity index (χ3n) is 0.872. The van der Waals surface area contributed by atoms with E-state index in [-0.39, 0.29) is 11.9 Å². The van der Waals surface area contributed by atoms with Crippen molar-refractivity contribution in [1.29, 1.82) is 0 Å². The molecule has 0 aromatic carbocycles. The third kappa shape index (κ3) is 0.586. The predicted octanol–water partition coefficient (Wildman–Crippen LogP) is 0.622. The molecule has 1 saturated heterocycles. The molecule has 1 fully saturated rings. The number of hydrogen-bond donors (Lipinski definition) is 2. The molecule has 0 bridgehead atoms. The molecule has 0 amide bonds. The largest absolute Gasteiger partial charge is 0.478 e. The minimum Gasteiger partial charge on any atom is -0.478 e. The molecule has 2 N–H and O–H groups in total. The summed E-state index contributed by atoms with van der Waals surface area (Å²) >= 11 is 0. The van der Waals surface area contributed by atoms with Crippen LogP contribution in [-0.2, 0) is 9.78 Å². The number of rotatable bonds is 0. The van der Waals surface area contributed by atoms with Gasteiger partial charge in [-0.2, -0.15) is 4.89 Å². The van der Waals surface area contributed by atoms with Crippen molar-refractivity contribution in [3.05, 3.63) is 11.7 Å². The molecule has 0 spiro atoms. The van der Waals surface area contributed by atoms with Crippen molar-refractivity contribution in [2.24, 2.45) is 0 Å². The topological polar surface area (TPSA) is 58.9 Å². The van der Waals surface area contributed by atoms with E-state index in [1.165, 1.54) is 0 Å². The maximum absolute atomic E-state index is 8.27. The van der Waals surface area contributed by atoms with Crippen LogP contribution in [0.1, 0.15) is 6.92 Å². The summed E-state index contributed by atoms with van der Waals surface area (Å²) in [5.41, 5.74) is 0. The molecule has 4 nitrogen and oxygen atoms in total. The fourth-order valence-electron chi connectivity index (χ4n) is 0.412. The average molecular weight is 118 g/mol. The van der Waals surface area contributed by atoms with Gasteiger partial charge in [0.25, 0.3) is 5.76 Å². The minimum absolute atomic E-state index is 0.0880. The summed E-state index contributed by atoms with van der Waals surface area (Å²) < 4.78 is 0. The molecule has 0 aromatic rings. The fourth-order valence-corrected chi connectivity index (χ4v) is 0.412. The van der Waals surface area contributed by atoms with Gasteiger partial charge in [-0.3, -0.25) is 0 Å². The molecule has 1 heterocycles. The van der Waals surface area contributed by atoms with Crippen molar-refractivity contribution in [2.45, 2.75) is 13.0 Å². The smallest absolute Gasteiger partial charge is 0.321 e. The monoisotopic (exact) mass is 118 g/mol. The standard InChI is InChI=1S/C4H6O4/c1-2-3(4(5)6)8-7-2/h2,5-6H,1H3. The molecule has 0 aliphatic carbocycles. The zero-order chi connectivity index (χ0) is 6.15. The summed E-state index contributed by atoms with van der Waals surface area (Å²) in [4.78, 5) is 8.51. The van der Waals surface area contributed by atoms with E-state index in [0.717, 1.165) is 0 Å².